The van der Waals surface area contributed by atoms with Crippen LogP contribution in [0.3, 0.4) is 0 Å². The highest BCUT2D eigenvalue weighted by molar-refractivity contribution is 7.10. The number of benzene rings is 1. The first-order valence-corrected chi connectivity index (χ1v) is 7.24. The van der Waals surface area contributed by atoms with E-state index in [1.807, 2.05) is 17.5 Å². The van der Waals surface area contributed by atoms with Crippen LogP contribution in [0.4, 0.5) is 4.39 Å². The third-order valence-corrected chi connectivity index (χ3v) is 3.95. The summed E-state index contributed by atoms with van der Waals surface area (Å²) in [6, 6.07) is 9.53. The Morgan fingerprint density at radius 2 is 2.14 bits per heavy atom. The average Bonchev–Trinajstić information content (AvgIpc) is 3.15. The van der Waals surface area contributed by atoms with Crippen molar-refractivity contribution in [3.05, 3.63) is 70.6 Å². The van der Waals surface area contributed by atoms with Crippen molar-refractivity contribution in [2.45, 2.75) is 6.54 Å². The summed E-state index contributed by atoms with van der Waals surface area (Å²) in [5.74, 6) is -0.700. The van der Waals surface area contributed by atoms with Crippen molar-refractivity contribution in [1.82, 2.24) is 5.32 Å². The van der Waals surface area contributed by atoms with E-state index >= 15 is 0 Å². The molecule has 0 radical (unpaired) electrons. The Morgan fingerprint density at radius 1 is 1.24 bits per heavy atom. The molecular formula is C16H12FNO2S. The molecule has 1 N–H and O–H groups in total. The molecule has 1 aromatic carbocycles. The molecule has 0 saturated carbocycles. The lowest BCUT2D eigenvalue weighted by Crippen LogP contribution is -2.22. The third kappa shape index (κ3) is 3.20. The molecule has 5 heteroatoms. The van der Waals surface area contributed by atoms with Gasteiger partial charge in [-0.2, -0.15) is 0 Å². The van der Waals surface area contributed by atoms with Crippen LogP contribution in [0.25, 0.3) is 11.1 Å². The number of furan rings is 1. The van der Waals surface area contributed by atoms with Crippen LogP contribution < -0.4 is 5.32 Å². The van der Waals surface area contributed by atoms with Crippen molar-refractivity contribution in [2.24, 2.45) is 0 Å². The standard InChI is InChI=1S/C16H12FNO2S/c17-14-3-1-2-11(6-14)16(19)18-8-15-7-13(10-21-15)12-4-5-20-9-12/h1-7,9-10H,8H2,(H,18,19). The maximum Gasteiger partial charge on any atom is 0.251 e. The first kappa shape index (κ1) is 13.6. The molecule has 0 aliphatic carbocycles. The van der Waals surface area contributed by atoms with Crippen LogP contribution in [0, 0.1) is 5.82 Å². The van der Waals surface area contributed by atoms with E-state index in [9.17, 15) is 9.18 Å². The zero-order valence-corrected chi connectivity index (χ0v) is 11.8. The van der Waals surface area contributed by atoms with Gasteiger partial charge in [0.15, 0.2) is 0 Å². The molecule has 0 atom stereocenters. The zero-order chi connectivity index (χ0) is 14.7. The van der Waals surface area contributed by atoms with E-state index in [1.165, 1.54) is 18.2 Å². The van der Waals surface area contributed by atoms with E-state index in [4.69, 9.17) is 4.42 Å². The number of thiophene rings is 1. The van der Waals surface area contributed by atoms with E-state index in [0.717, 1.165) is 16.0 Å². The van der Waals surface area contributed by atoms with Crippen LogP contribution >= 0.6 is 11.3 Å². The van der Waals surface area contributed by atoms with E-state index in [2.05, 4.69) is 5.32 Å². The van der Waals surface area contributed by atoms with Gasteiger partial charge in [0.05, 0.1) is 19.1 Å². The van der Waals surface area contributed by atoms with Gasteiger partial charge in [-0.25, -0.2) is 4.39 Å². The predicted octanol–water partition coefficient (Wildman–Crippen LogP) is 4.08. The summed E-state index contributed by atoms with van der Waals surface area (Å²) in [5, 5.41) is 4.79. The number of carbonyl (C=O) groups is 1. The Balaban J connectivity index is 1.64. The van der Waals surface area contributed by atoms with E-state index in [0.29, 0.717) is 12.1 Å². The Kier molecular flexibility index (Phi) is 3.83. The topological polar surface area (TPSA) is 42.2 Å². The fourth-order valence-corrected chi connectivity index (χ4v) is 2.79. The molecule has 1 amide bonds. The molecule has 3 nitrogen and oxygen atoms in total. The van der Waals surface area contributed by atoms with Crippen LogP contribution in [0.5, 0.6) is 0 Å². The number of halogens is 1. The molecule has 0 spiro atoms. The molecule has 0 unspecified atom stereocenters. The van der Waals surface area contributed by atoms with Gasteiger partial charge in [-0.1, -0.05) is 6.07 Å². The van der Waals surface area contributed by atoms with Gasteiger partial charge in [-0.15, -0.1) is 11.3 Å². The van der Waals surface area contributed by atoms with Crippen molar-refractivity contribution < 1.29 is 13.6 Å². The Bertz CT molecular complexity index is 749. The minimum absolute atomic E-state index is 0.284. The van der Waals surface area contributed by atoms with Gasteiger partial charge < -0.3 is 9.73 Å². The van der Waals surface area contributed by atoms with Crippen molar-refractivity contribution in [3.63, 3.8) is 0 Å². The maximum absolute atomic E-state index is 13.1. The third-order valence-electron chi connectivity index (χ3n) is 3.02. The van der Waals surface area contributed by atoms with Gasteiger partial charge in [-0.05, 0) is 41.3 Å². The summed E-state index contributed by atoms with van der Waals surface area (Å²) in [5.41, 5.74) is 2.39. The fourth-order valence-electron chi connectivity index (χ4n) is 1.95. The smallest absolute Gasteiger partial charge is 0.251 e. The summed E-state index contributed by atoms with van der Waals surface area (Å²) in [6.07, 6.45) is 3.30. The van der Waals surface area contributed by atoms with Gasteiger partial charge in [0.1, 0.15) is 5.82 Å². The van der Waals surface area contributed by atoms with Gasteiger partial charge in [0.25, 0.3) is 5.91 Å². The lowest BCUT2D eigenvalue weighted by atomic mass is 10.2. The molecule has 3 rings (SSSR count). The predicted molar refractivity (Wildman–Crippen MR) is 79.6 cm³/mol. The van der Waals surface area contributed by atoms with Gasteiger partial charge in [-0.3, -0.25) is 4.79 Å². The molecule has 0 bridgehead atoms. The summed E-state index contributed by atoms with van der Waals surface area (Å²) >= 11 is 1.56. The normalized spacial score (nSPS) is 10.5. The summed E-state index contributed by atoms with van der Waals surface area (Å²) in [7, 11) is 0. The molecular weight excluding hydrogens is 289 g/mol. The molecule has 0 aliphatic rings. The largest absolute Gasteiger partial charge is 0.472 e. The number of rotatable bonds is 4. The Morgan fingerprint density at radius 3 is 2.90 bits per heavy atom. The van der Waals surface area contributed by atoms with Gasteiger partial charge >= 0.3 is 0 Å². The molecule has 0 saturated heterocycles. The van der Waals surface area contributed by atoms with Crippen molar-refractivity contribution in [1.29, 1.82) is 0 Å². The second-order valence-corrected chi connectivity index (χ2v) is 5.50. The number of hydrogen-bond acceptors (Lipinski definition) is 3. The minimum Gasteiger partial charge on any atom is -0.472 e. The van der Waals surface area contributed by atoms with E-state index < -0.39 is 5.82 Å². The van der Waals surface area contributed by atoms with Crippen molar-refractivity contribution >= 4 is 17.2 Å². The van der Waals surface area contributed by atoms with Gasteiger partial charge in [0.2, 0.25) is 0 Å². The van der Waals surface area contributed by atoms with Gasteiger partial charge in [0, 0.05) is 16.0 Å². The number of hydrogen-bond donors (Lipinski definition) is 1. The maximum atomic E-state index is 13.1. The first-order valence-electron chi connectivity index (χ1n) is 6.36. The highest BCUT2D eigenvalue weighted by atomic mass is 32.1. The molecule has 2 aromatic heterocycles. The van der Waals surface area contributed by atoms with Crippen LogP contribution in [0.1, 0.15) is 15.2 Å². The van der Waals surface area contributed by atoms with Crippen LogP contribution in [-0.4, -0.2) is 5.91 Å². The zero-order valence-electron chi connectivity index (χ0n) is 11.0. The van der Waals surface area contributed by atoms with Crippen molar-refractivity contribution in [3.8, 4) is 11.1 Å². The lowest BCUT2D eigenvalue weighted by Gasteiger charge is -2.03. The molecule has 0 aliphatic heterocycles. The quantitative estimate of drug-likeness (QED) is 0.789. The summed E-state index contributed by atoms with van der Waals surface area (Å²) < 4.78 is 18.1. The lowest BCUT2D eigenvalue weighted by molar-refractivity contribution is 0.0951. The summed E-state index contributed by atoms with van der Waals surface area (Å²) in [4.78, 5) is 12.9. The average molecular weight is 301 g/mol. The van der Waals surface area contributed by atoms with E-state index in [-0.39, 0.29) is 5.91 Å². The molecule has 2 heterocycles. The molecule has 3 aromatic rings. The second-order valence-electron chi connectivity index (χ2n) is 4.51. The van der Waals surface area contributed by atoms with Crippen molar-refractivity contribution in [2.75, 3.05) is 0 Å². The van der Waals surface area contributed by atoms with Crippen LogP contribution in [0.15, 0.2) is 58.7 Å². The van der Waals surface area contributed by atoms with E-state index in [1.54, 1.807) is 29.9 Å². The Labute approximate surface area is 125 Å². The summed E-state index contributed by atoms with van der Waals surface area (Å²) in [6.45, 7) is 0.415. The molecule has 0 fully saturated rings. The monoisotopic (exact) mass is 301 g/mol. The SMILES string of the molecule is O=C(NCc1cc(-c2ccoc2)cs1)c1cccc(F)c1. The molecule has 21 heavy (non-hydrogen) atoms. The molecule has 106 valence electrons. The number of nitrogens with one attached hydrogen (secondary N) is 1. The van der Waals surface area contributed by atoms with Crippen LogP contribution in [0.2, 0.25) is 0 Å². The minimum atomic E-state index is -0.416. The Hall–Kier alpha value is -2.40. The highest BCUT2D eigenvalue weighted by Gasteiger charge is 2.08. The first-order chi connectivity index (χ1) is 10.2. The highest BCUT2D eigenvalue weighted by Crippen LogP contribution is 2.25. The fraction of sp³-hybridized carbons (Fsp3) is 0.0625. The van der Waals surface area contributed by atoms with Crippen LogP contribution in [-0.2, 0) is 6.54 Å². The second kappa shape index (κ2) is 5.93. The number of amides is 1. The number of carbonyl (C=O) groups excluding carboxylic acids is 1.